The molecule has 5 nitrogen and oxygen atoms in total. The van der Waals surface area contributed by atoms with Gasteiger partial charge in [-0.3, -0.25) is 4.79 Å². The summed E-state index contributed by atoms with van der Waals surface area (Å²) in [6.07, 6.45) is 0.144. The Morgan fingerprint density at radius 3 is 2.78 bits per heavy atom. The van der Waals surface area contributed by atoms with E-state index < -0.39 is 6.10 Å². The first-order chi connectivity index (χ1) is 8.59. The van der Waals surface area contributed by atoms with Gasteiger partial charge in [-0.25, -0.2) is 0 Å². The van der Waals surface area contributed by atoms with E-state index >= 15 is 0 Å². The minimum atomic E-state index is -0.460. The van der Waals surface area contributed by atoms with Crippen molar-refractivity contribution >= 4 is 11.7 Å². The number of hydrogen-bond donors (Lipinski definition) is 2. The molecule has 100 valence electrons. The molecule has 0 saturated carbocycles. The highest BCUT2D eigenvalue weighted by Crippen LogP contribution is 2.19. The van der Waals surface area contributed by atoms with E-state index in [-0.39, 0.29) is 25.6 Å². The predicted octanol–water partition coefficient (Wildman–Crippen LogP) is 1.35. The molecule has 0 heterocycles. The van der Waals surface area contributed by atoms with Crippen molar-refractivity contribution in [3.63, 3.8) is 0 Å². The summed E-state index contributed by atoms with van der Waals surface area (Å²) >= 11 is 0. The van der Waals surface area contributed by atoms with Crippen molar-refractivity contribution < 1.29 is 19.4 Å². The van der Waals surface area contributed by atoms with Gasteiger partial charge >= 0.3 is 5.97 Å². The number of esters is 1. The van der Waals surface area contributed by atoms with Crippen LogP contribution in [0.2, 0.25) is 0 Å². The summed E-state index contributed by atoms with van der Waals surface area (Å²) in [5, 5.41) is 8.99. The van der Waals surface area contributed by atoms with Gasteiger partial charge < -0.3 is 20.3 Å². The van der Waals surface area contributed by atoms with Crippen LogP contribution in [0.1, 0.15) is 19.8 Å². The standard InChI is InChI=1S/C13H19NO4/c1-10(15)6-8-18-13(16)7-9-17-12-5-3-2-4-11(12)14/h2-5,10,15H,6-9,14H2,1H3. The van der Waals surface area contributed by atoms with Gasteiger partial charge in [-0.2, -0.15) is 0 Å². The monoisotopic (exact) mass is 253 g/mol. The largest absolute Gasteiger partial charge is 0.491 e. The second-order valence-electron chi connectivity index (χ2n) is 3.99. The molecule has 0 bridgehead atoms. The highest BCUT2D eigenvalue weighted by Gasteiger charge is 2.05. The molecule has 0 aromatic heterocycles. The molecule has 0 aliphatic heterocycles. The fourth-order valence-corrected chi connectivity index (χ4v) is 1.27. The van der Waals surface area contributed by atoms with E-state index in [4.69, 9.17) is 20.3 Å². The molecule has 1 rings (SSSR count). The predicted molar refractivity (Wildman–Crippen MR) is 68.2 cm³/mol. The molecule has 1 atom stereocenters. The number of carbonyl (C=O) groups is 1. The second-order valence-corrected chi connectivity index (χ2v) is 3.99. The first kappa shape index (κ1) is 14.3. The molecule has 1 aromatic rings. The smallest absolute Gasteiger partial charge is 0.309 e. The first-order valence-electron chi connectivity index (χ1n) is 5.90. The summed E-state index contributed by atoms with van der Waals surface area (Å²) in [5.41, 5.74) is 6.22. The van der Waals surface area contributed by atoms with Gasteiger partial charge in [-0.05, 0) is 19.1 Å². The Balaban J connectivity index is 2.18. The van der Waals surface area contributed by atoms with Gasteiger partial charge in [0.2, 0.25) is 0 Å². The number of rotatable bonds is 7. The molecular formula is C13H19NO4. The lowest BCUT2D eigenvalue weighted by molar-refractivity contribution is -0.144. The summed E-state index contributed by atoms with van der Waals surface area (Å²) in [5.74, 6) is 0.222. The summed E-state index contributed by atoms with van der Waals surface area (Å²) in [6.45, 7) is 2.10. The van der Waals surface area contributed by atoms with E-state index in [9.17, 15) is 4.79 Å². The summed E-state index contributed by atoms with van der Waals surface area (Å²) in [4.78, 5) is 11.3. The number of aliphatic hydroxyl groups is 1. The van der Waals surface area contributed by atoms with Crippen molar-refractivity contribution in [3.8, 4) is 5.75 Å². The Morgan fingerprint density at radius 2 is 2.11 bits per heavy atom. The minimum absolute atomic E-state index is 0.161. The van der Waals surface area contributed by atoms with E-state index in [1.54, 1.807) is 19.1 Å². The molecule has 0 aliphatic carbocycles. The number of anilines is 1. The van der Waals surface area contributed by atoms with Gasteiger partial charge in [0, 0.05) is 6.42 Å². The fourth-order valence-electron chi connectivity index (χ4n) is 1.27. The third-order valence-electron chi connectivity index (χ3n) is 2.28. The number of carbonyl (C=O) groups excluding carboxylic acids is 1. The Hall–Kier alpha value is -1.75. The quantitative estimate of drug-likeness (QED) is 0.566. The SMILES string of the molecule is CC(O)CCOC(=O)CCOc1ccccc1N. The highest BCUT2D eigenvalue weighted by atomic mass is 16.5. The third-order valence-corrected chi connectivity index (χ3v) is 2.28. The molecule has 0 radical (unpaired) electrons. The maximum absolute atomic E-state index is 11.3. The van der Waals surface area contributed by atoms with Gasteiger partial charge in [0.25, 0.3) is 0 Å². The van der Waals surface area contributed by atoms with Gasteiger partial charge in [0.05, 0.1) is 31.4 Å². The average molecular weight is 253 g/mol. The number of para-hydroxylation sites is 2. The van der Waals surface area contributed by atoms with Crippen LogP contribution in [0.25, 0.3) is 0 Å². The van der Waals surface area contributed by atoms with Crippen LogP contribution >= 0.6 is 0 Å². The minimum Gasteiger partial charge on any atom is -0.491 e. The van der Waals surface area contributed by atoms with E-state index in [0.717, 1.165) is 0 Å². The molecule has 0 aliphatic rings. The highest BCUT2D eigenvalue weighted by molar-refractivity contribution is 5.69. The topological polar surface area (TPSA) is 81.8 Å². The normalized spacial score (nSPS) is 11.9. The van der Waals surface area contributed by atoms with Crippen LogP contribution in [-0.4, -0.2) is 30.4 Å². The molecule has 0 fully saturated rings. The summed E-state index contributed by atoms with van der Waals surface area (Å²) < 4.78 is 10.3. The zero-order valence-corrected chi connectivity index (χ0v) is 10.5. The number of ether oxygens (including phenoxy) is 2. The zero-order chi connectivity index (χ0) is 13.4. The Labute approximate surface area is 107 Å². The molecule has 5 heteroatoms. The zero-order valence-electron chi connectivity index (χ0n) is 10.5. The summed E-state index contributed by atoms with van der Waals surface area (Å²) in [7, 11) is 0. The average Bonchev–Trinajstić information content (AvgIpc) is 2.31. The lowest BCUT2D eigenvalue weighted by Gasteiger charge is -2.09. The molecular weight excluding hydrogens is 234 g/mol. The van der Waals surface area contributed by atoms with Crippen molar-refractivity contribution in [2.75, 3.05) is 18.9 Å². The summed E-state index contributed by atoms with van der Waals surface area (Å²) in [6, 6.07) is 7.10. The van der Waals surface area contributed by atoms with Crippen LogP contribution in [0.3, 0.4) is 0 Å². The molecule has 0 amide bonds. The molecule has 1 aromatic carbocycles. The Bertz CT molecular complexity index is 379. The number of nitrogens with two attached hydrogens (primary N) is 1. The van der Waals surface area contributed by atoms with Crippen molar-refractivity contribution in [2.45, 2.75) is 25.9 Å². The van der Waals surface area contributed by atoms with E-state index in [0.29, 0.717) is 17.9 Å². The van der Waals surface area contributed by atoms with Gasteiger partial charge in [0.1, 0.15) is 5.75 Å². The number of hydrogen-bond acceptors (Lipinski definition) is 5. The lowest BCUT2D eigenvalue weighted by atomic mass is 10.3. The fraction of sp³-hybridized carbons (Fsp3) is 0.462. The second kappa shape index (κ2) is 7.55. The van der Waals surface area contributed by atoms with E-state index in [2.05, 4.69) is 0 Å². The molecule has 0 spiro atoms. The first-order valence-corrected chi connectivity index (χ1v) is 5.90. The number of nitrogen functional groups attached to an aromatic ring is 1. The van der Waals surface area contributed by atoms with E-state index in [1.165, 1.54) is 0 Å². The lowest BCUT2D eigenvalue weighted by Crippen LogP contribution is -2.13. The van der Waals surface area contributed by atoms with Crippen molar-refractivity contribution in [1.29, 1.82) is 0 Å². The van der Waals surface area contributed by atoms with Gasteiger partial charge in [-0.15, -0.1) is 0 Å². The molecule has 3 N–H and O–H groups in total. The molecule has 1 unspecified atom stereocenters. The van der Waals surface area contributed by atoms with E-state index in [1.807, 2.05) is 12.1 Å². The van der Waals surface area contributed by atoms with Crippen LogP contribution in [0.4, 0.5) is 5.69 Å². The van der Waals surface area contributed by atoms with Crippen LogP contribution < -0.4 is 10.5 Å². The Morgan fingerprint density at radius 1 is 1.39 bits per heavy atom. The van der Waals surface area contributed by atoms with Gasteiger partial charge in [-0.1, -0.05) is 12.1 Å². The maximum Gasteiger partial charge on any atom is 0.309 e. The van der Waals surface area contributed by atoms with Crippen LogP contribution in [-0.2, 0) is 9.53 Å². The van der Waals surface area contributed by atoms with Crippen LogP contribution in [0.5, 0.6) is 5.75 Å². The van der Waals surface area contributed by atoms with Crippen molar-refractivity contribution in [1.82, 2.24) is 0 Å². The van der Waals surface area contributed by atoms with Crippen molar-refractivity contribution in [2.24, 2.45) is 0 Å². The Kier molecular flexibility index (Phi) is 6.00. The van der Waals surface area contributed by atoms with Crippen molar-refractivity contribution in [3.05, 3.63) is 24.3 Å². The van der Waals surface area contributed by atoms with Crippen LogP contribution in [0, 0.1) is 0 Å². The third kappa shape index (κ3) is 5.54. The number of aliphatic hydroxyl groups excluding tert-OH is 1. The maximum atomic E-state index is 11.3. The molecule has 18 heavy (non-hydrogen) atoms. The van der Waals surface area contributed by atoms with Gasteiger partial charge in [0.15, 0.2) is 0 Å². The molecule has 0 saturated heterocycles. The van der Waals surface area contributed by atoms with Crippen LogP contribution in [0.15, 0.2) is 24.3 Å². The number of benzene rings is 1.